The van der Waals surface area contributed by atoms with Gasteiger partial charge in [0.25, 0.3) is 17.7 Å². The number of benzene rings is 2. The lowest BCUT2D eigenvalue weighted by Crippen LogP contribution is -2.21. The average Bonchev–Trinajstić information content (AvgIpc) is 3.09. The summed E-state index contributed by atoms with van der Waals surface area (Å²) in [6.07, 6.45) is 0. The fourth-order valence-corrected chi connectivity index (χ4v) is 2.15. The Morgan fingerprint density at radius 1 is 1.16 bits per heavy atom. The number of rotatable bonds is 6. The van der Waals surface area contributed by atoms with Gasteiger partial charge in [0.1, 0.15) is 0 Å². The van der Waals surface area contributed by atoms with Crippen molar-refractivity contribution in [3.8, 4) is 23.0 Å². The Morgan fingerprint density at radius 3 is 2.60 bits per heavy atom. The van der Waals surface area contributed by atoms with Gasteiger partial charge in [-0.3, -0.25) is 10.1 Å². The van der Waals surface area contributed by atoms with E-state index in [9.17, 15) is 4.79 Å². The molecule has 0 saturated heterocycles. The smallest absolute Gasteiger partial charge is 0.270 e. The minimum Gasteiger partial charge on any atom is -0.493 e. The molecule has 128 valence electrons. The van der Waals surface area contributed by atoms with Crippen molar-refractivity contribution in [1.82, 2.24) is 10.1 Å². The monoisotopic (exact) mass is 359 g/mol. The molecule has 0 aliphatic heterocycles. The van der Waals surface area contributed by atoms with Crippen LogP contribution in [0.2, 0.25) is 5.02 Å². The number of methoxy groups -OCH3 is 1. The molecule has 25 heavy (non-hydrogen) atoms. The number of carbonyl (C=O) groups is 1. The summed E-state index contributed by atoms with van der Waals surface area (Å²) in [7, 11) is 1.53. The number of nitrogens with zero attached hydrogens (tertiary/aromatic N) is 2. The number of amides is 1. The minimum absolute atomic E-state index is 0.0542. The third-order valence-electron chi connectivity index (χ3n) is 3.20. The van der Waals surface area contributed by atoms with E-state index < -0.39 is 5.91 Å². The van der Waals surface area contributed by atoms with Crippen LogP contribution in [0, 0.1) is 0 Å². The Balaban J connectivity index is 1.59. The third-order valence-corrected chi connectivity index (χ3v) is 3.45. The molecule has 0 saturated carbocycles. The molecule has 0 fully saturated rings. The molecule has 0 spiro atoms. The molecule has 1 amide bonds. The van der Waals surface area contributed by atoms with E-state index in [0.717, 1.165) is 0 Å². The quantitative estimate of drug-likeness (QED) is 0.725. The van der Waals surface area contributed by atoms with Crippen LogP contribution in [0.25, 0.3) is 11.5 Å². The summed E-state index contributed by atoms with van der Waals surface area (Å²) < 4.78 is 15.7. The van der Waals surface area contributed by atoms with E-state index in [-0.39, 0.29) is 18.4 Å². The van der Waals surface area contributed by atoms with Gasteiger partial charge in [-0.05, 0) is 41.6 Å². The molecule has 0 aliphatic carbocycles. The summed E-state index contributed by atoms with van der Waals surface area (Å²) in [5.74, 6) is 0.917. The molecular formula is C17H14ClN3O4. The number of nitrogens with one attached hydrogen (secondary N) is 1. The highest BCUT2D eigenvalue weighted by Gasteiger charge is 2.12. The van der Waals surface area contributed by atoms with E-state index in [1.807, 2.05) is 6.07 Å². The zero-order valence-electron chi connectivity index (χ0n) is 13.2. The maximum Gasteiger partial charge on any atom is 0.270 e. The molecule has 1 N–H and O–H groups in total. The van der Waals surface area contributed by atoms with Crippen LogP contribution >= 0.6 is 11.6 Å². The maximum absolute atomic E-state index is 12.0. The lowest BCUT2D eigenvalue weighted by molar-refractivity contribution is -0.118. The third kappa shape index (κ3) is 4.27. The number of hydrogen-bond donors (Lipinski definition) is 1. The molecule has 1 heterocycles. The maximum atomic E-state index is 12.0. The van der Waals surface area contributed by atoms with Crippen molar-refractivity contribution in [3.05, 3.63) is 53.6 Å². The van der Waals surface area contributed by atoms with E-state index >= 15 is 0 Å². The summed E-state index contributed by atoms with van der Waals surface area (Å²) >= 11 is 5.83. The number of aromatic nitrogens is 2. The SMILES string of the molecule is COc1ccccc1OCC(=O)Nc1noc(-c2ccc(Cl)cc2)n1. The summed E-state index contributed by atoms with van der Waals surface area (Å²) in [6.45, 7) is -0.217. The predicted molar refractivity (Wildman–Crippen MR) is 91.9 cm³/mol. The summed E-state index contributed by atoms with van der Waals surface area (Å²) in [6, 6.07) is 13.9. The van der Waals surface area contributed by atoms with E-state index in [0.29, 0.717) is 22.1 Å². The lowest BCUT2D eigenvalue weighted by Gasteiger charge is -2.09. The van der Waals surface area contributed by atoms with Crippen LogP contribution in [0.3, 0.4) is 0 Å². The molecule has 0 bridgehead atoms. The second-order valence-corrected chi connectivity index (χ2v) is 5.35. The van der Waals surface area contributed by atoms with Crippen molar-refractivity contribution in [2.45, 2.75) is 0 Å². The topological polar surface area (TPSA) is 86.5 Å². The van der Waals surface area contributed by atoms with Crippen molar-refractivity contribution >= 4 is 23.5 Å². The van der Waals surface area contributed by atoms with E-state index in [4.69, 9.17) is 25.6 Å². The molecule has 3 aromatic rings. The molecular weight excluding hydrogens is 346 g/mol. The first kappa shape index (κ1) is 16.8. The highest BCUT2D eigenvalue weighted by Crippen LogP contribution is 2.25. The Bertz CT molecular complexity index is 864. The van der Waals surface area contributed by atoms with Gasteiger partial charge < -0.3 is 14.0 Å². The molecule has 7 nitrogen and oxygen atoms in total. The molecule has 8 heteroatoms. The number of carbonyl (C=O) groups excluding carboxylic acids is 1. The zero-order chi connectivity index (χ0) is 17.6. The van der Waals surface area contributed by atoms with Crippen molar-refractivity contribution < 1.29 is 18.8 Å². The Morgan fingerprint density at radius 2 is 1.88 bits per heavy atom. The van der Waals surface area contributed by atoms with Crippen LogP contribution in [0.5, 0.6) is 11.5 Å². The van der Waals surface area contributed by atoms with E-state index in [1.165, 1.54) is 7.11 Å². The van der Waals surface area contributed by atoms with E-state index in [1.54, 1.807) is 42.5 Å². The summed E-state index contributed by atoms with van der Waals surface area (Å²) in [5, 5.41) is 6.82. The molecule has 1 aromatic heterocycles. The van der Waals surface area contributed by atoms with Gasteiger partial charge in [0.05, 0.1) is 7.11 Å². The summed E-state index contributed by atoms with van der Waals surface area (Å²) in [4.78, 5) is 16.1. The first-order valence-corrected chi connectivity index (χ1v) is 7.69. The van der Waals surface area contributed by atoms with Crippen LogP contribution < -0.4 is 14.8 Å². The Kier molecular flexibility index (Phi) is 5.15. The molecule has 0 radical (unpaired) electrons. The fourth-order valence-electron chi connectivity index (χ4n) is 2.03. The number of ether oxygens (including phenoxy) is 2. The van der Waals surface area contributed by atoms with Crippen molar-refractivity contribution in [1.29, 1.82) is 0 Å². The number of para-hydroxylation sites is 2. The van der Waals surface area contributed by atoms with Gasteiger partial charge in [0, 0.05) is 10.6 Å². The van der Waals surface area contributed by atoms with Gasteiger partial charge in [-0.15, -0.1) is 0 Å². The average molecular weight is 360 g/mol. The van der Waals surface area contributed by atoms with Gasteiger partial charge in [0.15, 0.2) is 18.1 Å². The van der Waals surface area contributed by atoms with Gasteiger partial charge in [-0.25, -0.2) is 0 Å². The number of hydrogen-bond acceptors (Lipinski definition) is 6. The standard InChI is InChI=1S/C17H14ClN3O4/c1-23-13-4-2-3-5-14(13)24-10-15(22)19-17-20-16(25-21-17)11-6-8-12(18)9-7-11/h2-9H,10H2,1H3,(H,19,21,22). The first-order chi connectivity index (χ1) is 12.2. The number of halogens is 1. The molecule has 0 aliphatic rings. The van der Waals surface area contributed by atoms with Crippen LogP contribution in [0.15, 0.2) is 53.1 Å². The minimum atomic E-state index is -0.422. The summed E-state index contributed by atoms with van der Waals surface area (Å²) in [5.41, 5.74) is 0.697. The zero-order valence-corrected chi connectivity index (χ0v) is 14.0. The van der Waals surface area contributed by atoms with Gasteiger partial charge in [0.2, 0.25) is 0 Å². The molecule has 0 atom stereocenters. The van der Waals surface area contributed by atoms with Crippen LogP contribution in [-0.2, 0) is 4.79 Å². The van der Waals surface area contributed by atoms with Gasteiger partial charge in [-0.2, -0.15) is 4.98 Å². The van der Waals surface area contributed by atoms with Crippen LogP contribution in [0.4, 0.5) is 5.95 Å². The van der Waals surface area contributed by atoms with Crippen LogP contribution in [-0.4, -0.2) is 29.8 Å². The number of anilines is 1. The van der Waals surface area contributed by atoms with E-state index in [2.05, 4.69) is 15.5 Å². The molecule has 3 rings (SSSR count). The van der Waals surface area contributed by atoms with Crippen molar-refractivity contribution in [3.63, 3.8) is 0 Å². The van der Waals surface area contributed by atoms with Gasteiger partial charge >= 0.3 is 0 Å². The Labute approximate surface area is 148 Å². The van der Waals surface area contributed by atoms with Gasteiger partial charge in [-0.1, -0.05) is 23.7 Å². The first-order valence-electron chi connectivity index (χ1n) is 7.31. The highest BCUT2D eigenvalue weighted by molar-refractivity contribution is 6.30. The van der Waals surface area contributed by atoms with Crippen molar-refractivity contribution in [2.75, 3.05) is 19.0 Å². The van der Waals surface area contributed by atoms with Crippen molar-refractivity contribution in [2.24, 2.45) is 0 Å². The second-order valence-electron chi connectivity index (χ2n) is 4.92. The lowest BCUT2D eigenvalue weighted by atomic mass is 10.2. The highest BCUT2D eigenvalue weighted by atomic mass is 35.5. The fraction of sp³-hybridized carbons (Fsp3) is 0.118. The van der Waals surface area contributed by atoms with Crippen LogP contribution in [0.1, 0.15) is 0 Å². The Hall–Kier alpha value is -3.06. The molecule has 2 aromatic carbocycles. The second kappa shape index (κ2) is 7.67. The largest absolute Gasteiger partial charge is 0.493 e. The normalized spacial score (nSPS) is 10.3. The molecule has 0 unspecified atom stereocenters. The predicted octanol–water partition coefficient (Wildman–Crippen LogP) is 3.42.